The Labute approximate surface area is 274 Å². The van der Waals surface area contributed by atoms with Gasteiger partial charge in [0.05, 0.1) is 41.9 Å². The maximum absolute atomic E-state index is 13.5. The first kappa shape index (κ1) is 29.7. The van der Waals surface area contributed by atoms with Crippen LogP contribution in [-0.4, -0.2) is 96.3 Å². The van der Waals surface area contributed by atoms with Crippen molar-refractivity contribution < 1.29 is 14.3 Å². The number of anilines is 2. The summed E-state index contributed by atoms with van der Waals surface area (Å²) >= 11 is 6.73. The summed E-state index contributed by atoms with van der Waals surface area (Å²) in [5, 5.41) is 12.6. The number of aromatic nitrogens is 2. The molecule has 0 radical (unpaired) electrons. The van der Waals surface area contributed by atoms with Crippen molar-refractivity contribution in [2.45, 2.75) is 69.4 Å². The second-order valence-corrected chi connectivity index (χ2v) is 13.9. The molecule has 0 spiro atoms. The molecular formula is C35H40ClN7O3. The molecule has 2 aromatic carbocycles. The lowest BCUT2D eigenvalue weighted by molar-refractivity contribution is -0.135. The molecule has 4 fully saturated rings. The quantitative estimate of drug-likeness (QED) is 0.331. The third-order valence-electron chi connectivity index (χ3n) is 10.5. The van der Waals surface area contributed by atoms with E-state index in [4.69, 9.17) is 31.0 Å². The number of hydrogen-bond acceptors (Lipinski definition) is 9. The first-order chi connectivity index (χ1) is 22.5. The largest absolute Gasteiger partial charge is 0.462 e. The molecule has 5 heterocycles. The van der Waals surface area contributed by atoms with Gasteiger partial charge in [0.1, 0.15) is 12.4 Å². The number of ether oxygens (including phenoxy) is 2. The van der Waals surface area contributed by atoms with Crippen molar-refractivity contribution in [3.05, 3.63) is 52.7 Å². The Morgan fingerprint density at radius 1 is 1.07 bits per heavy atom. The Morgan fingerprint density at radius 2 is 1.91 bits per heavy atom. The smallest absolute Gasteiger partial charge is 0.318 e. The minimum atomic E-state index is -0.339. The van der Waals surface area contributed by atoms with Crippen molar-refractivity contribution in [2.75, 3.05) is 56.2 Å². The number of benzene rings is 2. The average molecular weight is 642 g/mol. The zero-order chi connectivity index (χ0) is 31.4. The molecule has 240 valence electrons. The molecule has 1 amide bonds. The van der Waals surface area contributed by atoms with E-state index in [9.17, 15) is 10.1 Å². The van der Waals surface area contributed by atoms with Crippen molar-refractivity contribution in [3.8, 4) is 12.1 Å². The van der Waals surface area contributed by atoms with Gasteiger partial charge in [0.15, 0.2) is 6.10 Å². The Kier molecular flexibility index (Phi) is 7.87. The van der Waals surface area contributed by atoms with E-state index >= 15 is 0 Å². The monoisotopic (exact) mass is 641 g/mol. The minimum Gasteiger partial charge on any atom is -0.462 e. The van der Waals surface area contributed by atoms with Crippen LogP contribution in [0.1, 0.15) is 43.4 Å². The number of rotatable bonds is 8. The van der Waals surface area contributed by atoms with E-state index in [1.54, 1.807) is 0 Å². The number of fused-ring (bicyclic) bond motifs is 2. The molecular weight excluding hydrogens is 602 g/mol. The van der Waals surface area contributed by atoms with Crippen molar-refractivity contribution in [1.29, 1.82) is 5.26 Å². The number of amides is 1. The third kappa shape index (κ3) is 5.63. The summed E-state index contributed by atoms with van der Waals surface area (Å²) in [7, 11) is 2.14. The first-order valence-electron chi connectivity index (χ1n) is 16.7. The van der Waals surface area contributed by atoms with Gasteiger partial charge in [-0.1, -0.05) is 35.9 Å². The fraction of sp³-hybridized carbons (Fsp3) is 0.543. The Hall–Kier alpha value is -3.65. The van der Waals surface area contributed by atoms with Crippen molar-refractivity contribution >= 4 is 39.8 Å². The molecule has 0 bridgehead atoms. The zero-order valence-corrected chi connectivity index (χ0v) is 27.0. The summed E-state index contributed by atoms with van der Waals surface area (Å²) in [6.45, 7) is 4.72. The lowest BCUT2D eigenvalue weighted by Crippen LogP contribution is -2.57. The molecule has 46 heavy (non-hydrogen) atoms. The van der Waals surface area contributed by atoms with E-state index < -0.39 is 0 Å². The van der Waals surface area contributed by atoms with E-state index in [-0.39, 0.29) is 30.6 Å². The maximum atomic E-state index is 13.5. The van der Waals surface area contributed by atoms with Crippen molar-refractivity contribution in [2.24, 2.45) is 5.92 Å². The first-order valence-corrected chi connectivity index (χ1v) is 17.1. The fourth-order valence-corrected chi connectivity index (χ4v) is 7.99. The molecule has 1 aromatic heterocycles. The molecule has 10 nitrogen and oxygen atoms in total. The van der Waals surface area contributed by atoms with Gasteiger partial charge < -0.3 is 29.1 Å². The van der Waals surface area contributed by atoms with Crippen LogP contribution < -0.4 is 14.5 Å². The summed E-state index contributed by atoms with van der Waals surface area (Å²) in [5.74, 6) is 1.43. The third-order valence-corrected chi connectivity index (χ3v) is 10.8. The second-order valence-electron chi connectivity index (χ2n) is 13.5. The van der Waals surface area contributed by atoms with E-state index in [0.29, 0.717) is 50.8 Å². The van der Waals surface area contributed by atoms with E-state index in [1.807, 2.05) is 17.0 Å². The number of carbonyl (C=O) groups excluding carboxylic acids is 1. The van der Waals surface area contributed by atoms with E-state index in [0.717, 1.165) is 77.3 Å². The highest BCUT2D eigenvalue weighted by molar-refractivity contribution is 6.36. The van der Waals surface area contributed by atoms with Crippen molar-refractivity contribution in [1.82, 2.24) is 19.8 Å². The number of nitriles is 1. The molecule has 8 rings (SSSR count). The summed E-state index contributed by atoms with van der Waals surface area (Å²) in [6, 6.07) is 15.2. The molecule has 5 aliphatic rings. The van der Waals surface area contributed by atoms with Crippen LogP contribution in [0, 0.1) is 17.2 Å². The van der Waals surface area contributed by atoms with Gasteiger partial charge in [-0.2, -0.15) is 15.2 Å². The number of nitrogens with zero attached hydrogens (tertiary/aromatic N) is 7. The lowest BCUT2D eigenvalue weighted by atomic mass is 10.0. The van der Waals surface area contributed by atoms with Gasteiger partial charge in [-0.3, -0.25) is 4.79 Å². The lowest BCUT2D eigenvalue weighted by Gasteiger charge is -2.42. The van der Waals surface area contributed by atoms with Gasteiger partial charge >= 0.3 is 6.01 Å². The topological polar surface area (TPSA) is 101 Å². The number of carbonyl (C=O) groups is 1. The highest BCUT2D eigenvalue weighted by Gasteiger charge is 2.55. The second kappa shape index (κ2) is 12.2. The van der Waals surface area contributed by atoms with Crippen LogP contribution in [0.4, 0.5) is 11.5 Å². The molecule has 3 saturated heterocycles. The van der Waals surface area contributed by atoms with Crippen molar-refractivity contribution in [3.63, 3.8) is 0 Å². The predicted molar refractivity (Wildman–Crippen MR) is 176 cm³/mol. The SMILES string of the molecule is CN1CCC[C@H]1COc1nc2c(c(N3CCN(C(=O)[C@H]4O[C@@H]4C4CC4)[C@@H](CC#N)C3)n1)CCN(c1cccc3cccc(Cl)c13)C2. The number of halogens is 1. The van der Waals surface area contributed by atoms with Crippen LogP contribution in [0.2, 0.25) is 5.02 Å². The van der Waals surface area contributed by atoms with Gasteiger partial charge in [-0.15, -0.1) is 0 Å². The normalized spacial score (nSPS) is 26.2. The molecule has 4 aliphatic heterocycles. The highest BCUT2D eigenvalue weighted by Crippen LogP contribution is 2.45. The van der Waals surface area contributed by atoms with Crippen LogP contribution in [0.5, 0.6) is 6.01 Å². The number of likely N-dealkylation sites (N-methyl/N-ethyl adjacent to an activating group) is 1. The van der Waals surface area contributed by atoms with Crippen LogP contribution in [0.15, 0.2) is 36.4 Å². The Bertz CT molecular complexity index is 1690. The predicted octanol–water partition coefficient (Wildman–Crippen LogP) is 4.43. The zero-order valence-electron chi connectivity index (χ0n) is 26.3. The summed E-state index contributed by atoms with van der Waals surface area (Å²) in [4.78, 5) is 32.3. The van der Waals surface area contributed by atoms with E-state index in [1.165, 1.54) is 6.42 Å². The van der Waals surface area contributed by atoms with Gasteiger partial charge in [-0.25, -0.2) is 0 Å². The number of epoxide rings is 1. The number of hydrogen-bond donors (Lipinski definition) is 0. The molecule has 1 aliphatic carbocycles. The van der Waals surface area contributed by atoms with Crippen LogP contribution in [0.3, 0.4) is 0 Å². The highest BCUT2D eigenvalue weighted by atomic mass is 35.5. The minimum absolute atomic E-state index is 0.0376. The standard InChI is InChI=1S/C35H40ClN7O3/c1-40-15-4-7-25(40)21-45-35-38-28-20-41(29-9-3-6-22-5-2-8-27(36)30(22)29)16-13-26(28)33(39-35)42-17-18-43(24(19-42)12-14-37)34(44)32-31(46-32)23-10-11-23/h2-3,5-6,8-9,23-25,31-32H,4,7,10-13,15-21H2,1H3/t24-,25-,31+,32-/m0/s1. The van der Waals surface area contributed by atoms with Gasteiger partial charge in [-0.05, 0) is 69.1 Å². The number of likely N-dealkylation sites (tertiary alicyclic amines) is 1. The molecule has 1 saturated carbocycles. The summed E-state index contributed by atoms with van der Waals surface area (Å²) < 4.78 is 12.1. The number of piperazine rings is 1. The van der Waals surface area contributed by atoms with Crippen LogP contribution in [0.25, 0.3) is 10.8 Å². The molecule has 3 aromatic rings. The van der Waals surface area contributed by atoms with Gasteiger partial charge in [0.2, 0.25) is 0 Å². The summed E-state index contributed by atoms with van der Waals surface area (Å²) in [5.41, 5.74) is 3.16. The molecule has 0 N–H and O–H groups in total. The molecule has 0 unspecified atom stereocenters. The molecule has 4 atom stereocenters. The average Bonchev–Trinajstić information content (AvgIpc) is 4.00. The Balaban J connectivity index is 1.09. The van der Waals surface area contributed by atoms with Gasteiger partial charge in [0, 0.05) is 48.9 Å². The molecule has 11 heteroatoms. The Morgan fingerprint density at radius 3 is 2.70 bits per heavy atom. The maximum Gasteiger partial charge on any atom is 0.318 e. The van der Waals surface area contributed by atoms with E-state index in [2.05, 4.69) is 52.1 Å². The van der Waals surface area contributed by atoms with Gasteiger partial charge in [0.25, 0.3) is 5.91 Å². The summed E-state index contributed by atoms with van der Waals surface area (Å²) in [6.07, 6.45) is 5.32. The fourth-order valence-electron chi connectivity index (χ4n) is 7.71. The van der Waals surface area contributed by atoms with Crippen LogP contribution in [-0.2, 0) is 22.5 Å². The van der Waals surface area contributed by atoms with Crippen LogP contribution >= 0.6 is 11.6 Å².